The fraction of sp³-hybridized carbons (Fsp3) is 0.333. The Morgan fingerprint density at radius 3 is 2.81 bits per heavy atom. The van der Waals surface area contributed by atoms with E-state index in [9.17, 15) is 19.5 Å². The minimum atomic E-state index is -1.23. The zero-order valence-electron chi connectivity index (χ0n) is 11.5. The smallest absolute Gasteiger partial charge is 0.329 e. The van der Waals surface area contributed by atoms with Crippen molar-refractivity contribution >= 4 is 28.9 Å². The van der Waals surface area contributed by atoms with Crippen LogP contribution in [0.2, 0.25) is 0 Å². The Balaban J connectivity index is 2.69. The van der Waals surface area contributed by atoms with Crippen molar-refractivity contribution in [2.75, 3.05) is 5.75 Å². The van der Waals surface area contributed by atoms with E-state index in [-0.39, 0.29) is 16.9 Å². The fourth-order valence-electron chi connectivity index (χ4n) is 1.83. The van der Waals surface area contributed by atoms with E-state index in [0.717, 1.165) is 11.8 Å². The van der Waals surface area contributed by atoms with Crippen molar-refractivity contribution in [2.45, 2.75) is 18.6 Å². The van der Waals surface area contributed by atoms with Gasteiger partial charge in [0.15, 0.2) is 16.3 Å². The fourth-order valence-corrected chi connectivity index (χ4v) is 2.55. The molecule has 9 heteroatoms. The molecule has 112 valence electrons. The van der Waals surface area contributed by atoms with Crippen LogP contribution in [0.4, 0.5) is 0 Å². The van der Waals surface area contributed by atoms with Crippen LogP contribution in [0.25, 0.3) is 11.2 Å². The lowest BCUT2D eigenvalue weighted by Crippen LogP contribution is -2.29. The molecule has 0 aliphatic rings. The molecule has 0 fully saturated rings. The zero-order chi connectivity index (χ0) is 15.6. The molecule has 2 heterocycles. The van der Waals surface area contributed by atoms with Crippen molar-refractivity contribution in [2.24, 2.45) is 7.05 Å². The molecular weight excluding hydrogens is 296 g/mol. The summed E-state index contributed by atoms with van der Waals surface area (Å²) in [6, 6.07) is 0. The number of carboxylic acid groups (broad SMARTS) is 1. The van der Waals surface area contributed by atoms with Gasteiger partial charge in [0.1, 0.15) is 0 Å². The molecule has 0 saturated carbocycles. The number of H-pyrrole nitrogens is 1. The van der Waals surface area contributed by atoms with Gasteiger partial charge in [-0.25, -0.2) is 9.78 Å². The summed E-state index contributed by atoms with van der Waals surface area (Å²) < 4.78 is 2.78. The maximum absolute atomic E-state index is 12.0. The number of nitrogens with zero attached hydrogens (tertiary/aromatic N) is 3. The van der Waals surface area contributed by atoms with Crippen LogP contribution >= 0.6 is 11.8 Å². The first-order valence-corrected chi connectivity index (χ1v) is 7.07. The highest BCUT2D eigenvalue weighted by Crippen LogP contribution is 2.21. The maximum atomic E-state index is 12.0. The van der Waals surface area contributed by atoms with Gasteiger partial charge >= 0.3 is 5.69 Å². The molecule has 8 nitrogen and oxygen atoms in total. The molecule has 0 spiro atoms. The lowest BCUT2D eigenvalue weighted by molar-refractivity contribution is -0.301. The quantitative estimate of drug-likeness (QED) is 0.551. The standard InChI is InChI=1S/C12H14N4O4S/c1-3-4-5-16-8-9(13-12(16)21-6-7(17)18)15(2)11(20)14-10(8)19/h3-4H,5-6H2,1-2H3,(H,17,18)(H,14,19,20)/p-1/b4-3+. The normalized spacial score (nSPS) is 11.5. The summed E-state index contributed by atoms with van der Waals surface area (Å²) in [5.41, 5.74) is -0.671. The second kappa shape index (κ2) is 6.00. The highest BCUT2D eigenvalue weighted by atomic mass is 32.2. The van der Waals surface area contributed by atoms with Crippen LogP contribution in [0, 0.1) is 0 Å². The summed E-state index contributed by atoms with van der Waals surface area (Å²) in [5.74, 6) is -1.52. The number of carboxylic acids is 1. The summed E-state index contributed by atoms with van der Waals surface area (Å²) in [7, 11) is 1.49. The number of allylic oxidation sites excluding steroid dienone is 2. The molecule has 0 atom stereocenters. The first kappa shape index (κ1) is 15.1. The molecule has 0 aliphatic heterocycles. The number of hydrogen-bond acceptors (Lipinski definition) is 6. The molecule has 21 heavy (non-hydrogen) atoms. The summed E-state index contributed by atoms with van der Waals surface area (Å²) in [5, 5.41) is 10.9. The molecule has 2 aromatic heterocycles. The average molecular weight is 309 g/mol. The second-order valence-electron chi connectivity index (χ2n) is 4.23. The van der Waals surface area contributed by atoms with Gasteiger partial charge in [-0.2, -0.15) is 0 Å². The average Bonchev–Trinajstić information content (AvgIpc) is 2.79. The summed E-state index contributed by atoms with van der Waals surface area (Å²) >= 11 is 0.942. The van der Waals surface area contributed by atoms with E-state index in [4.69, 9.17) is 0 Å². The van der Waals surface area contributed by atoms with Gasteiger partial charge in [0, 0.05) is 19.3 Å². The van der Waals surface area contributed by atoms with Crippen LogP contribution in [0.15, 0.2) is 26.9 Å². The Kier molecular flexibility index (Phi) is 4.32. The van der Waals surface area contributed by atoms with Crippen molar-refractivity contribution in [1.82, 2.24) is 19.1 Å². The van der Waals surface area contributed by atoms with E-state index in [0.29, 0.717) is 11.7 Å². The van der Waals surface area contributed by atoms with Crippen LogP contribution in [-0.2, 0) is 18.4 Å². The molecule has 0 saturated heterocycles. The maximum Gasteiger partial charge on any atom is 0.329 e. The van der Waals surface area contributed by atoms with Crippen molar-refractivity contribution in [1.29, 1.82) is 0 Å². The predicted octanol–water partition coefficient (Wildman–Crippen LogP) is -1.16. The number of hydrogen-bond donors (Lipinski definition) is 1. The number of rotatable bonds is 5. The highest BCUT2D eigenvalue weighted by molar-refractivity contribution is 7.99. The van der Waals surface area contributed by atoms with E-state index >= 15 is 0 Å². The first-order chi connectivity index (χ1) is 9.95. The van der Waals surface area contributed by atoms with E-state index < -0.39 is 17.2 Å². The van der Waals surface area contributed by atoms with Gasteiger partial charge in [-0.3, -0.25) is 14.3 Å². The van der Waals surface area contributed by atoms with Gasteiger partial charge in [-0.05, 0) is 6.92 Å². The van der Waals surface area contributed by atoms with Crippen LogP contribution in [0.5, 0.6) is 0 Å². The lowest BCUT2D eigenvalue weighted by atomic mass is 10.4. The number of aliphatic carboxylic acids is 1. The molecule has 0 aromatic carbocycles. The van der Waals surface area contributed by atoms with Crippen LogP contribution < -0.4 is 16.4 Å². The van der Waals surface area contributed by atoms with Crippen molar-refractivity contribution < 1.29 is 9.90 Å². The van der Waals surface area contributed by atoms with Gasteiger partial charge in [0.05, 0.1) is 5.97 Å². The Labute approximate surface area is 123 Å². The Morgan fingerprint density at radius 2 is 2.19 bits per heavy atom. The monoisotopic (exact) mass is 309 g/mol. The lowest BCUT2D eigenvalue weighted by Gasteiger charge is -2.05. The topological polar surface area (TPSA) is 113 Å². The van der Waals surface area contributed by atoms with Crippen molar-refractivity contribution in [3.63, 3.8) is 0 Å². The third kappa shape index (κ3) is 2.92. The van der Waals surface area contributed by atoms with Gasteiger partial charge in [-0.15, -0.1) is 0 Å². The number of carbonyl (C=O) groups excluding carboxylic acids is 1. The molecule has 0 bridgehead atoms. The number of carbonyl (C=O) groups is 1. The summed E-state index contributed by atoms with van der Waals surface area (Å²) in [4.78, 5) is 40.6. The van der Waals surface area contributed by atoms with E-state index in [1.54, 1.807) is 16.7 Å². The van der Waals surface area contributed by atoms with Crippen molar-refractivity contribution in [3.05, 3.63) is 33.0 Å². The SMILES string of the molecule is C/C=C/Cn1c(SCC(=O)[O-])nc2c1c(=O)[nH]c(=O)n2C. The largest absolute Gasteiger partial charge is 0.549 e. The number of aryl methyl sites for hydroxylation is 1. The molecule has 0 unspecified atom stereocenters. The van der Waals surface area contributed by atoms with E-state index in [1.807, 2.05) is 6.92 Å². The number of fused-ring (bicyclic) bond motifs is 1. The Morgan fingerprint density at radius 1 is 1.48 bits per heavy atom. The third-order valence-corrected chi connectivity index (χ3v) is 3.76. The van der Waals surface area contributed by atoms with Gasteiger partial charge in [0.2, 0.25) is 0 Å². The van der Waals surface area contributed by atoms with Crippen LogP contribution in [-0.4, -0.2) is 30.8 Å². The number of nitrogens with one attached hydrogen (secondary N) is 1. The van der Waals surface area contributed by atoms with Crippen molar-refractivity contribution in [3.8, 4) is 0 Å². The minimum Gasteiger partial charge on any atom is -0.549 e. The van der Waals surface area contributed by atoms with Crippen LogP contribution in [0.3, 0.4) is 0 Å². The number of aromatic nitrogens is 4. The van der Waals surface area contributed by atoms with Gasteiger partial charge < -0.3 is 14.5 Å². The number of thioether (sulfide) groups is 1. The number of aromatic amines is 1. The molecule has 0 amide bonds. The highest BCUT2D eigenvalue weighted by Gasteiger charge is 2.16. The number of imidazole rings is 1. The minimum absolute atomic E-state index is 0.217. The summed E-state index contributed by atoms with van der Waals surface area (Å²) in [6.07, 6.45) is 3.60. The molecular formula is C12H13N4O4S-. The molecule has 0 radical (unpaired) electrons. The van der Waals surface area contributed by atoms with Crippen LogP contribution in [0.1, 0.15) is 6.92 Å². The van der Waals surface area contributed by atoms with Gasteiger partial charge in [0.25, 0.3) is 5.56 Å². The van der Waals surface area contributed by atoms with Gasteiger partial charge in [-0.1, -0.05) is 23.9 Å². The first-order valence-electron chi connectivity index (χ1n) is 6.09. The van der Waals surface area contributed by atoms with E-state index in [2.05, 4.69) is 9.97 Å². The zero-order valence-corrected chi connectivity index (χ0v) is 12.3. The summed E-state index contributed by atoms with van der Waals surface area (Å²) in [6.45, 7) is 2.18. The Bertz CT molecular complexity index is 830. The predicted molar refractivity (Wildman–Crippen MR) is 76.1 cm³/mol. The Hall–Kier alpha value is -2.29. The molecule has 2 aromatic rings. The molecule has 2 rings (SSSR count). The van der Waals surface area contributed by atoms with E-state index in [1.165, 1.54) is 11.6 Å². The molecule has 1 N–H and O–H groups in total. The molecule has 0 aliphatic carbocycles. The second-order valence-corrected chi connectivity index (χ2v) is 5.17. The third-order valence-electron chi connectivity index (χ3n) is 2.81.